The molecule has 0 aliphatic carbocycles. The van der Waals surface area contributed by atoms with Crippen molar-refractivity contribution in [2.75, 3.05) is 0 Å². The van der Waals surface area contributed by atoms with Crippen molar-refractivity contribution in [1.82, 2.24) is 10.1 Å². The number of nitrogens with zero attached hydrogens (tertiary/aromatic N) is 4. The number of hydrogen-bond acceptors (Lipinski definition) is 5. The SMILES string of the molecule is Cc1ccc(-c2noc(/C(C#N)=C/c3cccc(C#N)c3)n2)cc1. The predicted molar refractivity (Wildman–Crippen MR) is 89.1 cm³/mol. The second-order valence-corrected chi connectivity index (χ2v) is 5.20. The molecule has 3 aromatic rings. The van der Waals surface area contributed by atoms with Gasteiger partial charge in [0.1, 0.15) is 11.6 Å². The van der Waals surface area contributed by atoms with Crippen molar-refractivity contribution < 1.29 is 4.52 Å². The average molecular weight is 312 g/mol. The molecule has 3 rings (SSSR count). The molecule has 1 heterocycles. The van der Waals surface area contributed by atoms with Gasteiger partial charge in [-0.2, -0.15) is 15.5 Å². The van der Waals surface area contributed by atoms with Gasteiger partial charge in [0.15, 0.2) is 0 Å². The molecule has 1 aromatic heterocycles. The number of allylic oxidation sites excluding steroid dienone is 1. The highest BCUT2D eigenvalue weighted by molar-refractivity contribution is 5.86. The molecule has 0 bridgehead atoms. The lowest BCUT2D eigenvalue weighted by Gasteiger charge is -1.95. The first-order chi connectivity index (χ1) is 11.7. The fourth-order valence-corrected chi connectivity index (χ4v) is 2.16. The van der Waals surface area contributed by atoms with E-state index in [4.69, 9.17) is 9.78 Å². The van der Waals surface area contributed by atoms with Gasteiger partial charge < -0.3 is 4.52 Å². The van der Waals surface area contributed by atoms with Crippen molar-refractivity contribution in [3.05, 3.63) is 71.1 Å². The van der Waals surface area contributed by atoms with Crippen LogP contribution in [0.15, 0.2) is 53.1 Å². The van der Waals surface area contributed by atoms with Gasteiger partial charge in [0.25, 0.3) is 5.89 Å². The first kappa shape index (κ1) is 15.2. The first-order valence-corrected chi connectivity index (χ1v) is 7.22. The second-order valence-electron chi connectivity index (χ2n) is 5.20. The molecule has 0 fully saturated rings. The van der Waals surface area contributed by atoms with E-state index in [1.807, 2.05) is 31.2 Å². The smallest absolute Gasteiger partial charge is 0.268 e. The molecule has 5 nitrogen and oxygen atoms in total. The van der Waals surface area contributed by atoms with Crippen molar-refractivity contribution in [2.45, 2.75) is 6.92 Å². The van der Waals surface area contributed by atoms with E-state index in [1.54, 1.807) is 30.3 Å². The minimum Gasteiger partial charge on any atom is -0.333 e. The molecule has 0 saturated carbocycles. The van der Waals surface area contributed by atoms with Crippen LogP contribution in [-0.2, 0) is 0 Å². The van der Waals surface area contributed by atoms with Crippen LogP contribution < -0.4 is 0 Å². The molecule has 0 aliphatic heterocycles. The van der Waals surface area contributed by atoms with E-state index in [1.165, 1.54) is 0 Å². The van der Waals surface area contributed by atoms with Gasteiger partial charge in [0, 0.05) is 5.56 Å². The van der Waals surface area contributed by atoms with Crippen LogP contribution in [0, 0.1) is 29.6 Å². The molecular formula is C19H12N4O. The normalized spacial score (nSPS) is 10.9. The standard InChI is InChI=1S/C19H12N4O/c1-13-5-7-16(8-6-13)18-22-19(24-23-18)17(12-21)10-14-3-2-4-15(9-14)11-20/h2-10H,1H3/b17-10+. The lowest BCUT2D eigenvalue weighted by atomic mass is 10.1. The molecule has 5 heteroatoms. The maximum atomic E-state index is 9.37. The summed E-state index contributed by atoms with van der Waals surface area (Å²) >= 11 is 0. The average Bonchev–Trinajstić information content (AvgIpc) is 3.10. The van der Waals surface area contributed by atoms with Crippen LogP contribution in [0.3, 0.4) is 0 Å². The van der Waals surface area contributed by atoms with Gasteiger partial charge in [-0.15, -0.1) is 0 Å². The van der Waals surface area contributed by atoms with E-state index in [9.17, 15) is 5.26 Å². The summed E-state index contributed by atoms with van der Waals surface area (Å²) in [5.41, 5.74) is 3.44. The summed E-state index contributed by atoms with van der Waals surface area (Å²) in [7, 11) is 0. The maximum absolute atomic E-state index is 9.37. The molecule has 0 aliphatic rings. The predicted octanol–water partition coefficient (Wildman–Crippen LogP) is 3.98. The number of hydrogen-bond donors (Lipinski definition) is 0. The highest BCUT2D eigenvalue weighted by Crippen LogP contribution is 2.21. The Hall–Kier alpha value is -3.70. The Balaban J connectivity index is 1.95. The molecule has 0 amide bonds. The van der Waals surface area contributed by atoms with Crippen LogP contribution in [-0.4, -0.2) is 10.1 Å². The number of rotatable bonds is 3. The zero-order valence-electron chi connectivity index (χ0n) is 12.9. The molecule has 0 saturated heterocycles. The van der Waals surface area contributed by atoms with Crippen LogP contribution in [0.25, 0.3) is 23.0 Å². The molecule has 2 aromatic carbocycles. The zero-order valence-corrected chi connectivity index (χ0v) is 12.9. The third-order valence-corrected chi connectivity index (χ3v) is 3.41. The molecule has 0 spiro atoms. The van der Waals surface area contributed by atoms with Crippen LogP contribution in [0.1, 0.15) is 22.6 Å². The van der Waals surface area contributed by atoms with E-state index in [2.05, 4.69) is 22.3 Å². The van der Waals surface area contributed by atoms with Crippen LogP contribution in [0.4, 0.5) is 0 Å². The zero-order chi connectivity index (χ0) is 16.9. The molecule has 0 atom stereocenters. The van der Waals surface area contributed by atoms with E-state index < -0.39 is 0 Å². The second kappa shape index (κ2) is 6.60. The largest absolute Gasteiger partial charge is 0.333 e. The summed E-state index contributed by atoms with van der Waals surface area (Å²) in [6.07, 6.45) is 1.62. The molecule has 114 valence electrons. The summed E-state index contributed by atoms with van der Waals surface area (Å²) in [5.74, 6) is 0.576. The molecule has 0 N–H and O–H groups in total. The highest BCUT2D eigenvalue weighted by Gasteiger charge is 2.13. The highest BCUT2D eigenvalue weighted by atomic mass is 16.5. The van der Waals surface area contributed by atoms with E-state index >= 15 is 0 Å². The lowest BCUT2D eigenvalue weighted by molar-refractivity contribution is 0.409. The van der Waals surface area contributed by atoms with Gasteiger partial charge in [-0.25, -0.2) is 0 Å². The third kappa shape index (κ3) is 3.21. The summed E-state index contributed by atoms with van der Waals surface area (Å²) < 4.78 is 5.21. The van der Waals surface area contributed by atoms with Crippen LogP contribution in [0.5, 0.6) is 0 Å². The summed E-state index contributed by atoms with van der Waals surface area (Å²) in [6, 6.07) is 18.8. The Labute approximate surface area is 139 Å². The van der Waals surface area contributed by atoms with Gasteiger partial charge in [0.2, 0.25) is 5.82 Å². The summed E-state index contributed by atoms with van der Waals surface area (Å²) in [4.78, 5) is 4.29. The van der Waals surface area contributed by atoms with Gasteiger partial charge >= 0.3 is 0 Å². The van der Waals surface area contributed by atoms with Gasteiger partial charge in [-0.1, -0.05) is 47.1 Å². The Kier molecular flexibility index (Phi) is 4.18. The monoisotopic (exact) mass is 312 g/mol. The van der Waals surface area contributed by atoms with E-state index in [0.29, 0.717) is 11.4 Å². The molecule has 0 unspecified atom stereocenters. The quantitative estimate of drug-likeness (QED) is 0.683. The first-order valence-electron chi connectivity index (χ1n) is 7.22. The third-order valence-electron chi connectivity index (χ3n) is 3.41. The number of benzene rings is 2. The Morgan fingerprint density at radius 1 is 1.12 bits per heavy atom. The van der Waals surface area contributed by atoms with E-state index in [-0.39, 0.29) is 11.5 Å². The van der Waals surface area contributed by atoms with Crippen molar-refractivity contribution >= 4 is 11.6 Å². The summed E-state index contributed by atoms with van der Waals surface area (Å²) in [5, 5.41) is 22.2. The number of nitriles is 2. The van der Waals surface area contributed by atoms with Crippen molar-refractivity contribution in [1.29, 1.82) is 10.5 Å². The lowest BCUT2D eigenvalue weighted by Crippen LogP contribution is -1.85. The molecular weight excluding hydrogens is 300 g/mol. The fraction of sp³-hybridized carbons (Fsp3) is 0.0526. The van der Waals surface area contributed by atoms with E-state index in [0.717, 1.165) is 16.7 Å². The van der Waals surface area contributed by atoms with Crippen LogP contribution in [0.2, 0.25) is 0 Å². The van der Waals surface area contributed by atoms with Gasteiger partial charge in [-0.3, -0.25) is 0 Å². The van der Waals surface area contributed by atoms with Gasteiger partial charge in [0.05, 0.1) is 11.6 Å². The van der Waals surface area contributed by atoms with Crippen molar-refractivity contribution in [2.24, 2.45) is 0 Å². The van der Waals surface area contributed by atoms with Crippen LogP contribution >= 0.6 is 0 Å². The fourth-order valence-electron chi connectivity index (χ4n) is 2.16. The molecule has 0 radical (unpaired) electrons. The van der Waals surface area contributed by atoms with Crippen molar-refractivity contribution in [3.63, 3.8) is 0 Å². The Bertz CT molecular complexity index is 985. The molecule has 24 heavy (non-hydrogen) atoms. The van der Waals surface area contributed by atoms with Gasteiger partial charge in [-0.05, 0) is 30.7 Å². The Morgan fingerprint density at radius 3 is 2.62 bits per heavy atom. The topological polar surface area (TPSA) is 86.5 Å². The number of aromatic nitrogens is 2. The Morgan fingerprint density at radius 2 is 1.92 bits per heavy atom. The number of aryl methyl sites for hydroxylation is 1. The minimum absolute atomic E-state index is 0.149. The van der Waals surface area contributed by atoms with Crippen molar-refractivity contribution in [3.8, 4) is 23.5 Å². The maximum Gasteiger partial charge on any atom is 0.268 e. The minimum atomic E-state index is 0.149. The summed E-state index contributed by atoms with van der Waals surface area (Å²) in [6.45, 7) is 2.00.